The second kappa shape index (κ2) is 7.10. The van der Waals surface area contributed by atoms with Crippen LogP contribution >= 0.6 is 11.6 Å². The van der Waals surface area contributed by atoms with Crippen molar-refractivity contribution in [1.82, 2.24) is 15.1 Å². The predicted octanol–water partition coefficient (Wildman–Crippen LogP) is 2.76. The number of hydrogen-bond acceptors (Lipinski definition) is 3. The van der Waals surface area contributed by atoms with Crippen LogP contribution in [-0.4, -0.2) is 55.1 Å². The van der Waals surface area contributed by atoms with Crippen molar-refractivity contribution in [3.63, 3.8) is 0 Å². The van der Waals surface area contributed by atoms with Crippen LogP contribution in [0.2, 0.25) is 5.02 Å². The Morgan fingerprint density at radius 3 is 2.48 bits per heavy atom. The van der Waals surface area contributed by atoms with Crippen molar-refractivity contribution < 1.29 is 0 Å². The topological polar surface area (TPSA) is 18.5 Å². The largest absolute Gasteiger partial charge is 0.311 e. The molecule has 0 unspecified atom stereocenters. The van der Waals surface area contributed by atoms with E-state index >= 15 is 0 Å². The van der Waals surface area contributed by atoms with Gasteiger partial charge in [0, 0.05) is 49.8 Å². The molecule has 1 aliphatic rings. The highest BCUT2D eigenvalue weighted by Crippen LogP contribution is 2.17. The van der Waals surface area contributed by atoms with Crippen molar-refractivity contribution in [3.8, 4) is 0 Å². The van der Waals surface area contributed by atoms with Gasteiger partial charge in [0.15, 0.2) is 0 Å². The summed E-state index contributed by atoms with van der Waals surface area (Å²) >= 11 is 6.01. The summed E-state index contributed by atoms with van der Waals surface area (Å²) in [4.78, 5) is 4.99. The van der Waals surface area contributed by atoms with Gasteiger partial charge in [0.2, 0.25) is 0 Å². The molecule has 0 bridgehead atoms. The Balaban J connectivity index is 1.84. The second-order valence-electron chi connectivity index (χ2n) is 6.78. The Hall–Kier alpha value is -0.610. The van der Waals surface area contributed by atoms with Gasteiger partial charge in [0.1, 0.15) is 0 Å². The van der Waals surface area contributed by atoms with E-state index in [1.54, 1.807) is 0 Å². The number of piperazine rings is 1. The molecule has 1 N–H and O–H groups in total. The van der Waals surface area contributed by atoms with Crippen LogP contribution < -0.4 is 5.32 Å². The number of hydrogen-bond donors (Lipinski definition) is 1. The Kier molecular flexibility index (Phi) is 5.67. The molecule has 1 aromatic rings. The lowest BCUT2D eigenvalue weighted by Crippen LogP contribution is -2.57. The zero-order chi connectivity index (χ0) is 15.5. The van der Waals surface area contributed by atoms with Gasteiger partial charge >= 0.3 is 0 Å². The van der Waals surface area contributed by atoms with Gasteiger partial charge in [-0.05, 0) is 51.1 Å². The lowest BCUT2D eigenvalue weighted by atomic mass is 10.0. The quantitative estimate of drug-likeness (QED) is 0.902. The van der Waals surface area contributed by atoms with Crippen LogP contribution in [0.4, 0.5) is 0 Å². The van der Waals surface area contributed by atoms with E-state index < -0.39 is 0 Å². The summed E-state index contributed by atoms with van der Waals surface area (Å²) in [6, 6.07) is 6.12. The molecule has 4 heteroatoms. The van der Waals surface area contributed by atoms with Crippen LogP contribution in [0.1, 0.15) is 25.0 Å². The molecule has 0 saturated carbocycles. The lowest BCUT2D eigenvalue weighted by Gasteiger charge is -2.43. The highest BCUT2D eigenvalue weighted by atomic mass is 35.5. The average Bonchev–Trinajstić information content (AvgIpc) is 2.41. The monoisotopic (exact) mass is 309 g/mol. The Morgan fingerprint density at radius 1 is 1.19 bits per heavy atom. The molecule has 1 aromatic carbocycles. The maximum absolute atomic E-state index is 6.01. The van der Waals surface area contributed by atoms with Crippen molar-refractivity contribution in [3.05, 3.63) is 34.3 Å². The summed E-state index contributed by atoms with van der Waals surface area (Å²) in [6.45, 7) is 13.3. The molecule has 1 saturated heterocycles. The minimum absolute atomic E-state index is 0.196. The first-order valence-corrected chi connectivity index (χ1v) is 8.15. The number of rotatable bonds is 5. The molecule has 2 rings (SSSR count). The molecular formula is C17H28ClN3. The molecule has 0 spiro atoms. The van der Waals surface area contributed by atoms with Gasteiger partial charge in [-0.15, -0.1) is 0 Å². The van der Waals surface area contributed by atoms with Crippen molar-refractivity contribution in [2.75, 3.05) is 39.8 Å². The number of likely N-dealkylation sites (N-methyl/N-ethyl adjacent to an activating group) is 1. The molecule has 0 aromatic heterocycles. The van der Waals surface area contributed by atoms with Gasteiger partial charge in [-0.3, -0.25) is 4.90 Å². The molecule has 1 heterocycles. The molecular weight excluding hydrogens is 282 g/mol. The third-order valence-electron chi connectivity index (χ3n) is 4.54. The zero-order valence-corrected chi connectivity index (χ0v) is 14.5. The number of nitrogens with one attached hydrogen (secondary N) is 1. The third kappa shape index (κ3) is 4.68. The normalized spacial score (nSPS) is 18.1. The standard InChI is InChI=1S/C17H28ClN3/c1-14-11-16(18)6-5-15(14)12-19-13-17(2,3)21-9-7-20(4)8-10-21/h5-6,11,19H,7-10,12-13H2,1-4H3. The van der Waals surface area contributed by atoms with Gasteiger partial charge in [-0.2, -0.15) is 0 Å². The summed E-state index contributed by atoms with van der Waals surface area (Å²) < 4.78 is 0. The smallest absolute Gasteiger partial charge is 0.0408 e. The van der Waals surface area contributed by atoms with E-state index in [9.17, 15) is 0 Å². The molecule has 118 valence electrons. The van der Waals surface area contributed by atoms with E-state index in [4.69, 9.17) is 11.6 Å². The van der Waals surface area contributed by atoms with Crippen LogP contribution in [0.25, 0.3) is 0 Å². The first-order valence-electron chi connectivity index (χ1n) is 7.78. The van der Waals surface area contributed by atoms with E-state index in [1.165, 1.54) is 24.2 Å². The molecule has 1 fully saturated rings. The van der Waals surface area contributed by atoms with Gasteiger partial charge in [-0.1, -0.05) is 17.7 Å². The Morgan fingerprint density at radius 2 is 1.86 bits per heavy atom. The molecule has 0 amide bonds. The van der Waals surface area contributed by atoms with Gasteiger partial charge in [-0.25, -0.2) is 0 Å². The number of aryl methyl sites for hydroxylation is 1. The van der Waals surface area contributed by atoms with E-state index in [0.717, 1.165) is 31.2 Å². The van der Waals surface area contributed by atoms with Gasteiger partial charge < -0.3 is 10.2 Å². The summed E-state index contributed by atoms with van der Waals surface area (Å²) in [5.74, 6) is 0. The summed E-state index contributed by atoms with van der Waals surface area (Å²) in [6.07, 6.45) is 0. The fourth-order valence-electron chi connectivity index (χ4n) is 2.88. The Bertz CT molecular complexity index is 465. The maximum atomic E-state index is 6.01. The zero-order valence-electron chi connectivity index (χ0n) is 13.7. The van der Waals surface area contributed by atoms with Crippen LogP contribution in [0.15, 0.2) is 18.2 Å². The summed E-state index contributed by atoms with van der Waals surface area (Å²) in [5.41, 5.74) is 2.78. The van der Waals surface area contributed by atoms with Gasteiger partial charge in [0.25, 0.3) is 0 Å². The molecule has 0 radical (unpaired) electrons. The van der Waals surface area contributed by atoms with Crippen molar-refractivity contribution >= 4 is 11.6 Å². The average molecular weight is 310 g/mol. The van der Waals surface area contributed by atoms with Crippen LogP contribution in [0, 0.1) is 6.92 Å². The Labute approximate surface area is 134 Å². The SMILES string of the molecule is Cc1cc(Cl)ccc1CNCC(C)(C)N1CCN(C)CC1. The molecule has 1 aliphatic heterocycles. The molecule has 0 atom stereocenters. The third-order valence-corrected chi connectivity index (χ3v) is 4.77. The summed E-state index contributed by atoms with van der Waals surface area (Å²) in [7, 11) is 2.20. The fraction of sp³-hybridized carbons (Fsp3) is 0.647. The number of benzene rings is 1. The van der Waals surface area contributed by atoms with Crippen molar-refractivity contribution in [2.24, 2.45) is 0 Å². The lowest BCUT2D eigenvalue weighted by molar-refractivity contribution is 0.0618. The van der Waals surface area contributed by atoms with E-state index in [0.29, 0.717) is 0 Å². The highest BCUT2D eigenvalue weighted by molar-refractivity contribution is 6.30. The van der Waals surface area contributed by atoms with Crippen molar-refractivity contribution in [1.29, 1.82) is 0 Å². The molecule has 3 nitrogen and oxygen atoms in total. The highest BCUT2D eigenvalue weighted by Gasteiger charge is 2.28. The first kappa shape index (κ1) is 16.8. The van der Waals surface area contributed by atoms with E-state index in [-0.39, 0.29) is 5.54 Å². The second-order valence-corrected chi connectivity index (χ2v) is 7.21. The van der Waals surface area contributed by atoms with Crippen LogP contribution in [0.5, 0.6) is 0 Å². The van der Waals surface area contributed by atoms with Crippen LogP contribution in [0.3, 0.4) is 0 Å². The first-order chi connectivity index (χ1) is 9.88. The van der Waals surface area contributed by atoms with E-state index in [2.05, 4.69) is 49.0 Å². The minimum Gasteiger partial charge on any atom is -0.311 e. The predicted molar refractivity (Wildman–Crippen MR) is 91.0 cm³/mol. The molecule has 0 aliphatic carbocycles. The summed E-state index contributed by atoms with van der Waals surface area (Å²) in [5, 5.41) is 4.43. The molecule has 21 heavy (non-hydrogen) atoms. The minimum atomic E-state index is 0.196. The van der Waals surface area contributed by atoms with Gasteiger partial charge in [0.05, 0.1) is 0 Å². The fourth-order valence-corrected chi connectivity index (χ4v) is 3.11. The van der Waals surface area contributed by atoms with Crippen LogP contribution in [-0.2, 0) is 6.54 Å². The van der Waals surface area contributed by atoms with E-state index in [1.807, 2.05) is 12.1 Å². The maximum Gasteiger partial charge on any atom is 0.0408 e. The number of halogens is 1. The number of nitrogens with zero attached hydrogens (tertiary/aromatic N) is 2. The van der Waals surface area contributed by atoms with Crippen molar-refractivity contribution in [2.45, 2.75) is 32.9 Å².